The van der Waals surface area contributed by atoms with E-state index in [2.05, 4.69) is 5.32 Å². The zero-order chi connectivity index (χ0) is 17.8. The van der Waals surface area contributed by atoms with Crippen molar-refractivity contribution in [3.8, 4) is 0 Å². The lowest BCUT2D eigenvalue weighted by molar-refractivity contribution is -0.138. The van der Waals surface area contributed by atoms with Crippen LogP contribution in [0.2, 0.25) is 0 Å². The summed E-state index contributed by atoms with van der Waals surface area (Å²) in [5.41, 5.74) is 0.881. The first-order chi connectivity index (χ1) is 12.0. The fraction of sp³-hybridized carbons (Fsp3) is 0.421. The van der Waals surface area contributed by atoms with Gasteiger partial charge in [-0.2, -0.15) is 0 Å². The molecule has 2 heterocycles. The van der Waals surface area contributed by atoms with Gasteiger partial charge in [-0.1, -0.05) is 12.1 Å². The Morgan fingerprint density at radius 1 is 1.32 bits per heavy atom. The van der Waals surface area contributed by atoms with E-state index in [1.54, 1.807) is 17.0 Å². The quantitative estimate of drug-likeness (QED) is 0.904. The summed E-state index contributed by atoms with van der Waals surface area (Å²) in [6.45, 7) is 5.60. The lowest BCUT2D eigenvalue weighted by atomic mass is 10.1. The normalized spacial score (nSPS) is 19.0. The van der Waals surface area contributed by atoms with E-state index < -0.39 is 0 Å². The molecule has 0 saturated carbocycles. The summed E-state index contributed by atoms with van der Waals surface area (Å²) in [5.74, 6) is 1.41. The van der Waals surface area contributed by atoms with Gasteiger partial charge in [0.2, 0.25) is 5.91 Å². The second-order valence-corrected chi connectivity index (χ2v) is 6.30. The number of nitrogens with zero attached hydrogens (tertiary/aromatic N) is 1. The van der Waals surface area contributed by atoms with Crippen molar-refractivity contribution in [3.05, 3.63) is 59.3 Å². The number of hydrogen-bond acceptors (Lipinski definition) is 4. The van der Waals surface area contributed by atoms with Gasteiger partial charge in [-0.15, -0.1) is 0 Å². The van der Waals surface area contributed by atoms with Crippen molar-refractivity contribution in [2.24, 2.45) is 0 Å². The van der Waals surface area contributed by atoms with Crippen molar-refractivity contribution >= 4 is 5.91 Å². The SMILES string of the molecule is Cc1ccc([C@H](C)NCC(=O)N2CCO[C@H](c3ccc(F)cc3)C2)o1. The van der Waals surface area contributed by atoms with Crippen molar-refractivity contribution in [1.82, 2.24) is 10.2 Å². The molecule has 1 N–H and O–H groups in total. The van der Waals surface area contributed by atoms with E-state index in [9.17, 15) is 9.18 Å². The van der Waals surface area contributed by atoms with Crippen LogP contribution in [0.15, 0.2) is 40.8 Å². The molecule has 1 fully saturated rings. The van der Waals surface area contributed by atoms with Crippen molar-refractivity contribution in [3.63, 3.8) is 0 Å². The standard InChI is InChI=1S/C19H23FN2O3/c1-13-3-8-17(25-13)14(2)21-11-19(23)22-9-10-24-18(12-22)15-4-6-16(20)7-5-15/h3-8,14,18,21H,9-12H2,1-2H3/t14-,18-/m0/s1. The van der Waals surface area contributed by atoms with Gasteiger partial charge >= 0.3 is 0 Å². The highest BCUT2D eigenvalue weighted by molar-refractivity contribution is 5.78. The molecule has 1 aromatic carbocycles. The number of rotatable bonds is 5. The molecule has 1 aromatic heterocycles. The van der Waals surface area contributed by atoms with E-state index in [1.807, 2.05) is 26.0 Å². The molecule has 2 aromatic rings. The van der Waals surface area contributed by atoms with E-state index in [-0.39, 0.29) is 30.4 Å². The summed E-state index contributed by atoms with van der Waals surface area (Å²) < 4.78 is 24.4. The molecular formula is C19H23FN2O3. The van der Waals surface area contributed by atoms with Gasteiger partial charge in [0.15, 0.2) is 0 Å². The first-order valence-corrected chi connectivity index (χ1v) is 8.47. The number of aryl methyl sites for hydroxylation is 1. The van der Waals surface area contributed by atoms with Gasteiger partial charge in [-0.3, -0.25) is 10.1 Å². The fourth-order valence-corrected chi connectivity index (χ4v) is 2.89. The van der Waals surface area contributed by atoms with Crippen LogP contribution in [0.4, 0.5) is 4.39 Å². The minimum absolute atomic E-state index is 0.0190. The van der Waals surface area contributed by atoms with Crippen LogP contribution in [0, 0.1) is 12.7 Å². The van der Waals surface area contributed by atoms with Crippen molar-refractivity contribution < 1.29 is 18.3 Å². The maximum atomic E-state index is 13.1. The molecule has 0 spiro atoms. The number of furan rings is 1. The third kappa shape index (κ3) is 4.46. The fourth-order valence-electron chi connectivity index (χ4n) is 2.89. The maximum absolute atomic E-state index is 13.1. The van der Waals surface area contributed by atoms with Crippen LogP contribution in [-0.2, 0) is 9.53 Å². The van der Waals surface area contributed by atoms with E-state index >= 15 is 0 Å². The van der Waals surface area contributed by atoms with Crippen LogP contribution in [0.1, 0.15) is 36.2 Å². The van der Waals surface area contributed by atoms with E-state index in [1.165, 1.54) is 12.1 Å². The minimum Gasteiger partial charge on any atom is -0.465 e. The molecule has 1 aliphatic heterocycles. The third-order valence-corrected chi connectivity index (χ3v) is 4.41. The molecule has 1 saturated heterocycles. The largest absolute Gasteiger partial charge is 0.465 e. The number of benzene rings is 1. The number of hydrogen-bond donors (Lipinski definition) is 1. The minimum atomic E-state index is -0.279. The van der Waals surface area contributed by atoms with Gasteiger partial charge in [0.05, 0.1) is 25.7 Å². The molecule has 0 bridgehead atoms. The zero-order valence-corrected chi connectivity index (χ0v) is 14.5. The van der Waals surface area contributed by atoms with E-state index in [0.29, 0.717) is 19.7 Å². The summed E-state index contributed by atoms with van der Waals surface area (Å²) in [4.78, 5) is 14.3. The predicted octanol–water partition coefficient (Wildman–Crippen LogP) is 2.98. The number of carbonyl (C=O) groups excluding carboxylic acids is 1. The van der Waals surface area contributed by atoms with Crippen LogP contribution in [0.3, 0.4) is 0 Å². The number of morpholine rings is 1. The lowest BCUT2D eigenvalue weighted by Gasteiger charge is -2.33. The Bertz CT molecular complexity index is 714. The molecule has 0 radical (unpaired) electrons. The van der Waals surface area contributed by atoms with Crippen LogP contribution in [0.5, 0.6) is 0 Å². The zero-order valence-electron chi connectivity index (χ0n) is 14.5. The van der Waals surface area contributed by atoms with Gasteiger partial charge < -0.3 is 14.1 Å². The van der Waals surface area contributed by atoms with Crippen molar-refractivity contribution in [2.45, 2.75) is 26.0 Å². The number of carbonyl (C=O) groups is 1. The third-order valence-electron chi connectivity index (χ3n) is 4.41. The van der Waals surface area contributed by atoms with Gasteiger partial charge in [0.25, 0.3) is 0 Å². The van der Waals surface area contributed by atoms with Gasteiger partial charge in [-0.25, -0.2) is 4.39 Å². The Balaban J connectivity index is 1.54. The summed E-state index contributed by atoms with van der Waals surface area (Å²) >= 11 is 0. The predicted molar refractivity (Wildman–Crippen MR) is 91.5 cm³/mol. The first kappa shape index (κ1) is 17.6. The average molecular weight is 346 g/mol. The number of ether oxygens (including phenoxy) is 1. The van der Waals surface area contributed by atoms with Crippen LogP contribution in [0.25, 0.3) is 0 Å². The highest BCUT2D eigenvalue weighted by Crippen LogP contribution is 2.22. The Kier molecular flexibility index (Phi) is 5.50. The average Bonchev–Trinajstić information content (AvgIpc) is 3.06. The molecule has 1 aliphatic rings. The Labute approximate surface area is 146 Å². The molecule has 2 atom stereocenters. The van der Waals surface area contributed by atoms with Crippen LogP contribution >= 0.6 is 0 Å². The molecule has 6 heteroatoms. The Morgan fingerprint density at radius 2 is 2.08 bits per heavy atom. The molecule has 134 valence electrons. The van der Waals surface area contributed by atoms with Gasteiger partial charge in [-0.05, 0) is 43.7 Å². The summed E-state index contributed by atoms with van der Waals surface area (Å²) in [6.07, 6.45) is -0.219. The van der Waals surface area contributed by atoms with Crippen LogP contribution < -0.4 is 5.32 Å². The molecule has 5 nitrogen and oxygen atoms in total. The van der Waals surface area contributed by atoms with Crippen molar-refractivity contribution in [1.29, 1.82) is 0 Å². The van der Waals surface area contributed by atoms with E-state index in [4.69, 9.17) is 9.15 Å². The van der Waals surface area contributed by atoms with Gasteiger partial charge in [0.1, 0.15) is 23.4 Å². The molecule has 25 heavy (non-hydrogen) atoms. The van der Waals surface area contributed by atoms with E-state index in [0.717, 1.165) is 17.1 Å². The Hall–Kier alpha value is -2.18. The molecule has 3 rings (SSSR count). The second kappa shape index (κ2) is 7.80. The smallest absolute Gasteiger partial charge is 0.236 e. The molecule has 0 aliphatic carbocycles. The summed E-state index contributed by atoms with van der Waals surface area (Å²) in [5, 5.41) is 3.20. The Morgan fingerprint density at radius 3 is 2.76 bits per heavy atom. The maximum Gasteiger partial charge on any atom is 0.236 e. The summed E-state index contributed by atoms with van der Waals surface area (Å²) in [6, 6.07) is 10.0. The number of halogens is 1. The molecule has 1 amide bonds. The molecule has 0 unspecified atom stereocenters. The second-order valence-electron chi connectivity index (χ2n) is 6.30. The lowest BCUT2D eigenvalue weighted by Crippen LogP contribution is -2.46. The summed E-state index contributed by atoms with van der Waals surface area (Å²) in [7, 11) is 0. The highest BCUT2D eigenvalue weighted by Gasteiger charge is 2.25. The number of nitrogens with one attached hydrogen (secondary N) is 1. The monoisotopic (exact) mass is 346 g/mol. The highest BCUT2D eigenvalue weighted by atomic mass is 19.1. The molecular weight excluding hydrogens is 323 g/mol. The van der Waals surface area contributed by atoms with Crippen LogP contribution in [-0.4, -0.2) is 37.0 Å². The first-order valence-electron chi connectivity index (χ1n) is 8.47. The number of amides is 1. The van der Waals surface area contributed by atoms with Gasteiger partial charge in [0, 0.05) is 6.54 Å². The van der Waals surface area contributed by atoms with Crippen molar-refractivity contribution in [2.75, 3.05) is 26.2 Å². The topological polar surface area (TPSA) is 54.7 Å².